The molecule has 0 aromatic carbocycles. The van der Waals surface area contributed by atoms with E-state index in [9.17, 15) is 0 Å². The Kier molecular flexibility index (Phi) is 2.96. The predicted octanol–water partition coefficient (Wildman–Crippen LogP) is 0.0690. The summed E-state index contributed by atoms with van der Waals surface area (Å²) in [5.41, 5.74) is 7.62. The van der Waals surface area contributed by atoms with Crippen LogP contribution in [0.2, 0.25) is 0 Å². The molecule has 0 amide bonds. The van der Waals surface area contributed by atoms with Gasteiger partial charge in [0.25, 0.3) is 0 Å². The van der Waals surface area contributed by atoms with E-state index in [1.54, 1.807) is 6.20 Å². The molecule has 1 aliphatic heterocycles. The molecule has 14 heavy (non-hydrogen) atoms. The summed E-state index contributed by atoms with van der Waals surface area (Å²) >= 11 is 0. The van der Waals surface area contributed by atoms with Gasteiger partial charge in [0.15, 0.2) is 0 Å². The van der Waals surface area contributed by atoms with E-state index in [2.05, 4.69) is 15.2 Å². The van der Waals surface area contributed by atoms with Gasteiger partial charge in [-0.2, -0.15) is 0 Å². The summed E-state index contributed by atoms with van der Waals surface area (Å²) in [6, 6.07) is 2.00. The van der Waals surface area contributed by atoms with Crippen molar-refractivity contribution in [1.29, 1.82) is 0 Å². The topological polar surface area (TPSA) is 54.2 Å². The molecule has 0 spiro atoms. The Hall–Kier alpha value is -1.13. The van der Waals surface area contributed by atoms with E-state index in [4.69, 9.17) is 5.73 Å². The SMILES string of the molecule is Nc1cncc(CN2CCNCC2)c1. The smallest absolute Gasteiger partial charge is 0.0503 e. The number of aromatic nitrogens is 1. The van der Waals surface area contributed by atoms with Crippen LogP contribution in [0.25, 0.3) is 0 Å². The summed E-state index contributed by atoms with van der Waals surface area (Å²) in [5.74, 6) is 0. The van der Waals surface area contributed by atoms with E-state index in [1.165, 1.54) is 5.56 Å². The molecule has 1 aromatic heterocycles. The third kappa shape index (κ3) is 2.43. The van der Waals surface area contributed by atoms with Crippen molar-refractivity contribution in [3.63, 3.8) is 0 Å². The Morgan fingerprint density at radius 2 is 2.14 bits per heavy atom. The second-order valence-corrected chi connectivity index (χ2v) is 3.65. The van der Waals surface area contributed by atoms with E-state index in [1.807, 2.05) is 12.3 Å². The maximum atomic E-state index is 5.67. The number of anilines is 1. The molecule has 3 N–H and O–H groups in total. The maximum absolute atomic E-state index is 5.67. The van der Waals surface area contributed by atoms with E-state index < -0.39 is 0 Å². The van der Waals surface area contributed by atoms with E-state index in [0.29, 0.717) is 0 Å². The van der Waals surface area contributed by atoms with Crippen LogP contribution in [0.1, 0.15) is 5.56 Å². The minimum absolute atomic E-state index is 0.748. The van der Waals surface area contributed by atoms with Crippen molar-refractivity contribution in [2.24, 2.45) is 0 Å². The number of hydrogen-bond acceptors (Lipinski definition) is 4. The predicted molar refractivity (Wildman–Crippen MR) is 56.8 cm³/mol. The number of nitrogens with one attached hydrogen (secondary N) is 1. The Labute approximate surface area is 84.1 Å². The van der Waals surface area contributed by atoms with E-state index in [0.717, 1.165) is 38.4 Å². The van der Waals surface area contributed by atoms with Crippen molar-refractivity contribution in [2.45, 2.75) is 6.54 Å². The zero-order valence-electron chi connectivity index (χ0n) is 8.24. The van der Waals surface area contributed by atoms with Crippen LogP contribution in [-0.2, 0) is 6.54 Å². The van der Waals surface area contributed by atoms with Crippen LogP contribution in [0.3, 0.4) is 0 Å². The van der Waals surface area contributed by atoms with Crippen LogP contribution in [0.15, 0.2) is 18.5 Å². The van der Waals surface area contributed by atoms with E-state index >= 15 is 0 Å². The van der Waals surface area contributed by atoms with Crippen molar-refractivity contribution in [1.82, 2.24) is 15.2 Å². The molecule has 1 aromatic rings. The molecule has 0 bridgehead atoms. The first-order valence-corrected chi connectivity index (χ1v) is 4.97. The summed E-state index contributed by atoms with van der Waals surface area (Å²) in [6.07, 6.45) is 3.57. The number of nitrogens with zero attached hydrogens (tertiary/aromatic N) is 2. The lowest BCUT2D eigenvalue weighted by Crippen LogP contribution is -2.42. The molecular formula is C10H16N4. The number of rotatable bonds is 2. The summed E-state index contributed by atoms with van der Waals surface area (Å²) < 4.78 is 0. The molecule has 0 radical (unpaired) electrons. The summed E-state index contributed by atoms with van der Waals surface area (Å²) in [7, 11) is 0. The lowest BCUT2D eigenvalue weighted by atomic mass is 10.2. The minimum atomic E-state index is 0.748. The number of nitrogens with two attached hydrogens (primary N) is 1. The lowest BCUT2D eigenvalue weighted by molar-refractivity contribution is 0.233. The fourth-order valence-corrected chi connectivity index (χ4v) is 1.72. The van der Waals surface area contributed by atoms with Crippen molar-refractivity contribution < 1.29 is 0 Å². The van der Waals surface area contributed by atoms with Gasteiger partial charge in [-0.3, -0.25) is 9.88 Å². The quantitative estimate of drug-likeness (QED) is 0.696. The van der Waals surface area contributed by atoms with Crippen LogP contribution >= 0.6 is 0 Å². The van der Waals surface area contributed by atoms with E-state index in [-0.39, 0.29) is 0 Å². The molecule has 76 valence electrons. The molecule has 4 heteroatoms. The highest BCUT2D eigenvalue weighted by Crippen LogP contribution is 2.07. The van der Waals surface area contributed by atoms with Crippen molar-refractivity contribution >= 4 is 5.69 Å². The number of nitrogen functional groups attached to an aromatic ring is 1. The molecular weight excluding hydrogens is 176 g/mol. The Balaban J connectivity index is 1.95. The van der Waals surface area contributed by atoms with Gasteiger partial charge in [0.1, 0.15) is 0 Å². The van der Waals surface area contributed by atoms with Crippen LogP contribution in [0, 0.1) is 0 Å². The zero-order chi connectivity index (χ0) is 9.80. The number of piperazine rings is 1. The van der Waals surface area contributed by atoms with Gasteiger partial charge in [0, 0.05) is 45.1 Å². The highest BCUT2D eigenvalue weighted by Gasteiger charge is 2.09. The second kappa shape index (κ2) is 4.39. The number of hydrogen-bond donors (Lipinski definition) is 2. The largest absolute Gasteiger partial charge is 0.397 e. The van der Waals surface area contributed by atoms with Crippen molar-refractivity contribution in [2.75, 3.05) is 31.9 Å². The lowest BCUT2D eigenvalue weighted by Gasteiger charge is -2.27. The fourth-order valence-electron chi connectivity index (χ4n) is 1.72. The van der Waals surface area contributed by atoms with Gasteiger partial charge in [-0.05, 0) is 11.6 Å². The van der Waals surface area contributed by atoms with Crippen LogP contribution in [0.5, 0.6) is 0 Å². The van der Waals surface area contributed by atoms with Gasteiger partial charge in [-0.15, -0.1) is 0 Å². The highest BCUT2D eigenvalue weighted by atomic mass is 15.2. The molecule has 4 nitrogen and oxygen atoms in total. The fraction of sp³-hybridized carbons (Fsp3) is 0.500. The summed E-state index contributed by atoms with van der Waals surface area (Å²) in [4.78, 5) is 6.49. The third-order valence-electron chi connectivity index (χ3n) is 2.43. The molecule has 0 unspecified atom stereocenters. The number of pyridine rings is 1. The first-order valence-electron chi connectivity index (χ1n) is 4.97. The van der Waals surface area contributed by atoms with Gasteiger partial charge >= 0.3 is 0 Å². The Morgan fingerprint density at radius 1 is 1.36 bits per heavy atom. The van der Waals surface area contributed by atoms with Crippen LogP contribution < -0.4 is 11.1 Å². The van der Waals surface area contributed by atoms with Gasteiger partial charge in [-0.25, -0.2) is 0 Å². The zero-order valence-corrected chi connectivity index (χ0v) is 8.24. The van der Waals surface area contributed by atoms with Crippen LogP contribution in [-0.4, -0.2) is 36.1 Å². The normalized spacial score (nSPS) is 18.3. The Morgan fingerprint density at radius 3 is 2.86 bits per heavy atom. The molecule has 0 atom stereocenters. The van der Waals surface area contributed by atoms with Gasteiger partial charge in [0.2, 0.25) is 0 Å². The van der Waals surface area contributed by atoms with Gasteiger partial charge in [-0.1, -0.05) is 0 Å². The molecule has 1 aliphatic rings. The highest BCUT2D eigenvalue weighted by molar-refractivity contribution is 5.36. The molecule has 0 aliphatic carbocycles. The average molecular weight is 192 g/mol. The first kappa shape index (κ1) is 9.43. The Bertz CT molecular complexity index is 294. The summed E-state index contributed by atoms with van der Waals surface area (Å²) in [6.45, 7) is 5.33. The second-order valence-electron chi connectivity index (χ2n) is 3.65. The molecule has 2 heterocycles. The van der Waals surface area contributed by atoms with Crippen molar-refractivity contribution in [3.05, 3.63) is 24.0 Å². The van der Waals surface area contributed by atoms with Gasteiger partial charge in [0.05, 0.1) is 5.69 Å². The third-order valence-corrected chi connectivity index (χ3v) is 2.43. The monoisotopic (exact) mass is 192 g/mol. The summed E-state index contributed by atoms with van der Waals surface area (Å²) in [5, 5.41) is 3.33. The molecule has 0 saturated carbocycles. The van der Waals surface area contributed by atoms with Gasteiger partial charge < -0.3 is 11.1 Å². The van der Waals surface area contributed by atoms with Crippen LogP contribution in [0.4, 0.5) is 5.69 Å². The minimum Gasteiger partial charge on any atom is -0.397 e. The van der Waals surface area contributed by atoms with Crippen molar-refractivity contribution in [3.8, 4) is 0 Å². The first-order chi connectivity index (χ1) is 6.84. The molecule has 2 rings (SSSR count). The molecule has 1 fully saturated rings. The average Bonchev–Trinajstić information content (AvgIpc) is 2.19. The standard InChI is InChI=1S/C10H16N4/c11-10-5-9(6-13-7-10)8-14-3-1-12-2-4-14/h5-7,12H,1-4,8,11H2. The maximum Gasteiger partial charge on any atom is 0.0503 e. The molecule has 1 saturated heterocycles.